The monoisotopic (exact) mass is 310 g/mol. The van der Waals surface area contributed by atoms with E-state index in [0.29, 0.717) is 0 Å². The third kappa shape index (κ3) is 19.0. The third-order valence-corrected chi connectivity index (χ3v) is 0.402. The molecule has 3 heteroatoms. The summed E-state index contributed by atoms with van der Waals surface area (Å²) in [7, 11) is 1.64. The summed E-state index contributed by atoms with van der Waals surface area (Å²) in [5, 5.41) is 0. The van der Waals surface area contributed by atoms with E-state index in [9.17, 15) is 0 Å². The predicted octanol–water partition coefficient (Wildman–Crippen LogP) is -2.14. The van der Waals surface area contributed by atoms with Crippen molar-refractivity contribution in [3.8, 4) is 0 Å². The predicted molar refractivity (Wildman–Crippen MR) is 21.8 cm³/mol. The number of rotatable bonds is 1. The van der Waals surface area contributed by atoms with Gasteiger partial charge in [0, 0.05) is 7.11 Å². The topological polar surface area (TPSA) is 9.23 Å². The Bertz CT molecular complexity index is 25.7. The molecular formula is C4H9ClHgO. The molecule has 0 rings (SSSR count). The van der Waals surface area contributed by atoms with Crippen molar-refractivity contribution in [3.05, 3.63) is 6.92 Å². The van der Waals surface area contributed by atoms with Gasteiger partial charge < -0.3 is 17.1 Å². The van der Waals surface area contributed by atoms with Crippen molar-refractivity contribution < 1.29 is 44.8 Å². The average Bonchev–Trinajstić information content (AvgIpc) is 1.38. The molecule has 2 radical (unpaired) electrons. The maximum Gasteiger partial charge on any atom is 1.00 e. The second-order valence-corrected chi connectivity index (χ2v) is 1.05. The molecule has 0 saturated heterocycles. The van der Waals surface area contributed by atoms with Gasteiger partial charge in [-0.1, -0.05) is 0 Å². The van der Waals surface area contributed by atoms with Gasteiger partial charge >= 0.3 is 27.7 Å². The smallest absolute Gasteiger partial charge is 1.00 e. The SMILES string of the molecule is [CH2]C(C)OC.[Cl-].[Hg+]. The van der Waals surface area contributed by atoms with Crippen molar-refractivity contribution in [1.29, 1.82) is 0 Å². The van der Waals surface area contributed by atoms with E-state index in [0.717, 1.165) is 0 Å². The van der Waals surface area contributed by atoms with Crippen LogP contribution in [0.15, 0.2) is 0 Å². The van der Waals surface area contributed by atoms with Gasteiger partial charge in [-0.2, -0.15) is 0 Å². The van der Waals surface area contributed by atoms with E-state index in [1.54, 1.807) is 7.11 Å². The van der Waals surface area contributed by atoms with Crippen LogP contribution in [-0.2, 0) is 32.4 Å². The van der Waals surface area contributed by atoms with Crippen molar-refractivity contribution in [3.63, 3.8) is 0 Å². The molecule has 1 nitrogen and oxygen atoms in total. The van der Waals surface area contributed by atoms with E-state index in [4.69, 9.17) is 0 Å². The van der Waals surface area contributed by atoms with Crippen LogP contribution in [0.3, 0.4) is 0 Å². The molecular weight excluding hydrogens is 300 g/mol. The molecule has 0 bridgehead atoms. The number of methoxy groups -OCH3 is 1. The Morgan fingerprint density at radius 1 is 1.57 bits per heavy atom. The Morgan fingerprint density at radius 2 is 1.71 bits per heavy atom. The van der Waals surface area contributed by atoms with Crippen LogP contribution in [0.4, 0.5) is 0 Å². The Kier molecular flexibility index (Phi) is 23.0. The van der Waals surface area contributed by atoms with Crippen molar-refractivity contribution in [1.82, 2.24) is 0 Å². The summed E-state index contributed by atoms with van der Waals surface area (Å²) >= 11 is 0. The molecule has 0 aromatic heterocycles. The van der Waals surface area contributed by atoms with Crippen LogP contribution in [0.1, 0.15) is 6.92 Å². The summed E-state index contributed by atoms with van der Waals surface area (Å²) in [5.74, 6) is 0. The van der Waals surface area contributed by atoms with E-state index in [-0.39, 0.29) is 46.2 Å². The first-order valence-corrected chi connectivity index (χ1v) is 1.63. The largest absolute Gasteiger partial charge is 1.00 e. The number of hydrogen-bond acceptors (Lipinski definition) is 1. The quantitative estimate of drug-likeness (QED) is 0.502. The molecule has 1 unspecified atom stereocenters. The van der Waals surface area contributed by atoms with Gasteiger partial charge in [0.1, 0.15) is 0 Å². The molecule has 0 saturated carbocycles. The van der Waals surface area contributed by atoms with Gasteiger partial charge in [-0.05, 0) is 13.8 Å². The Hall–Kier alpha value is 1.19. The van der Waals surface area contributed by atoms with Gasteiger partial charge in [0.15, 0.2) is 0 Å². The zero-order chi connectivity index (χ0) is 4.28. The van der Waals surface area contributed by atoms with Crippen molar-refractivity contribution >= 4 is 0 Å². The standard InChI is InChI=1S/C4H9O.ClH.Hg/c1-4(2)5-3;;/h4H,1H2,2-3H3;1H;/q;;+1/p-1. The van der Waals surface area contributed by atoms with E-state index in [1.807, 2.05) is 6.92 Å². The van der Waals surface area contributed by atoms with E-state index < -0.39 is 0 Å². The van der Waals surface area contributed by atoms with Crippen LogP contribution in [0.2, 0.25) is 0 Å². The van der Waals surface area contributed by atoms with Crippen molar-refractivity contribution in [2.45, 2.75) is 13.0 Å². The van der Waals surface area contributed by atoms with Crippen LogP contribution in [-0.4, -0.2) is 13.2 Å². The molecule has 1 atom stereocenters. The van der Waals surface area contributed by atoms with Crippen LogP contribution in [0, 0.1) is 6.92 Å². The first-order chi connectivity index (χ1) is 2.27. The molecule has 0 aromatic rings. The fraction of sp³-hybridized carbons (Fsp3) is 0.750. The van der Waals surface area contributed by atoms with Crippen molar-refractivity contribution in [2.24, 2.45) is 0 Å². The van der Waals surface area contributed by atoms with E-state index in [1.165, 1.54) is 0 Å². The first kappa shape index (κ1) is 15.7. The summed E-state index contributed by atoms with van der Waals surface area (Å²) in [5.41, 5.74) is 0. The number of ether oxygens (including phenoxy) is 1. The Balaban J connectivity index is -0.0000000800. The van der Waals surface area contributed by atoms with Crippen LogP contribution in [0.5, 0.6) is 0 Å². The van der Waals surface area contributed by atoms with E-state index in [2.05, 4.69) is 11.7 Å². The maximum absolute atomic E-state index is 4.64. The zero-order valence-electron chi connectivity index (χ0n) is 4.78. The Morgan fingerprint density at radius 3 is 1.71 bits per heavy atom. The van der Waals surface area contributed by atoms with E-state index >= 15 is 0 Å². The van der Waals surface area contributed by atoms with Gasteiger partial charge in [0.25, 0.3) is 0 Å². The minimum Gasteiger partial charge on any atom is -1.00 e. The summed E-state index contributed by atoms with van der Waals surface area (Å²) in [6.45, 7) is 5.42. The summed E-state index contributed by atoms with van der Waals surface area (Å²) in [6, 6.07) is 0. The molecule has 0 aliphatic carbocycles. The van der Waals surface area contributed by atoms with Crippen LogP contribution in [0.25, 0.3) is 0 Å². The molecule has 0 spiro atoms. The van der Waals surface area contributed by atoms with Gasteiger partial charge in [0.05, 0.1) is 6.10 Å². The molecule has 7 heavy (non-hydrogen) atoms. The molecule has 0 aliphatic heterocycles. The molecule has 40 valence electrons. The minimum absolute atomic E-state index is 0. The molecule has 0 fully saturated rings. The second kappa shape index (κ2) is 10.2. The van der Waals surface area contributed by atoms with Gasteiger partial charge in [-0.3, -0.25) is 0 Å². The van der Waals surface area contributed by atoms with Gasteiger partial charge in [0.2, 0.25) is 0 Å². The molecule has 0 amide bonds. The van der Waals surface area contributed by atoms with Crippen LogP contribution >= 0.6 is 0 Å². The van der Waals surface area contributed by atoms with Gasteiger partial charge in [-0.25, -0.2) is 0 Å². The third-order valence-electron chi connectivity index (χ3n) is 0.402. The summed E-state index contributed by atoms with van der Waals surface area (Å²) in [4.78, 5) is 0. The number of halogens is 1. The Labute approximate surface area is 71.7 Å². The fourth-order valence-electron chi connectivity index (χ4n) is 0. The molecule has 0 heterocycles. The molecule has 0 aliphatic rings. The normalized spacial score (nSPS) is 6.86. The fourth-order valence-corrected chi connectivity index (χ4v) is 0. The number of hydrogen-bond donors (Lipinski definition) is 0. The van der Waals surface area contributed by atoms with Gasteiger partial charge in [-0.15, -0.1) is 0 Å². The van der Waals surface area contributed by atoms with Crippen molar-refractivity contribution in [2.75, 3.05) is 7.11 Å². The average molecular weight is 309 g/mol. The first-order valence-electron chi connectivity index (χ1n) is 1.63. The maximum atomic E-state index is 4.64. The van der Waals surface area contributed by atoms with Crippen LogP contribution < -0.4 is 12.4 Å². The second-order valence-electron chi connectivity index (χ2n) is 1.05. The summed E-state index contributed by atoms with van der Waals surface area (Å²) < 4.78 is 4.64. The summed E-state index contributed by atoms with van der Waals surface area (Å²) in [6.07, 6.45) is 0.134. The molecule has 0 N–H and O–H groups in total. The zero-order valence-corrected chi connectivity index (χ0v) is 11.0. The molecule has 0 aromatic carbocycles. The minimum atomic E-state index is 0.